The number of aryl methyl sites for hydroxylation is 3. The minimum absolute atomic E-state index is 0.00882. The van der Waals surface area contributed by atoms with Crippen LogP contribution < -0.4 is 5.01 Å². The normalized spacial score (nSPS) is 13.3. The van der Waals surface area contributed by atoms with Crippen molar-refractivity contribution in [3.63, 3.8) is 0 Å². The molecule has 1 aliphatic heterocycles. The predicted octanol–water partition coefficient (Wildman–Crippen LogP) is 4.85. The first-order valence-electron chi connectivity index (χ1n) is 9.66. The van der Waals surface area contributed by atoms with Gasteiger partial charge in [-0.2, -0.15) is 10.1 Å². The van der Waals surface area contributed by atoms with Crippen molar-refractivity contribution in [1.82, 2.24) is 9.55 Å². The van der Waals surface area contributed by atoms with Crippen LogP contribution in [0.3, 0.4) is 0 Å². The Kier molecular flexibility index (Phi) is 6.03. The van der Waals surface area contributed by atoms with Crippen LogP contribution >= 0.6 is 11.8 Å². The van der Waals surface area contributed by atoms with Crippen LogP contribution in [0.2, 0.25) is 0 Å². The summed E-state index contributed by atoms with van der Waals surface area (Å²) >= 11 is 1.40. The van der Waals surface area contributed by atoms with E-state index in [4.69, 9.17) is 0 Å². The fourth-order valence-electron chi connectivity index (χ4n) is 3.08. The highest BCUT2D eigenvalue weighted by Crippen LogP contribution is 2.39. The van der Waals surface area contributed by atoms with Gasteiger partial charge >= 0.3 is 0 Å². The third-order valence-electron chi connectivity index (χ3n) is 4.74. The molecule has 0 saturated heterocycles. The fraction of sp³-hybridized carbons (Fsp3) is 0.429. The van der Waals surface area contributed by atoms with Gasteiger partial charge in [0, 0.05) is 18.4 Å². The molecule has 0 N–H and O–H groups in total. The zero-order chi connectivity index (χ0) is 20.4. The van der Waals surface area contributed by atoms with Crippen molar-refractivity contribution in [2.45, 2.75) is 65.3 Å². The van der Waals surface area contributed by atoms with Crippen molar-refractivity contribution in [3.8, 4) is 0 Å². The van der Waals surface area contributed by atoms with E-state index in [2.05, 4.69) is 30.0 Å². The molecule has 0 spiro atoms. The smallest absolute Gasteiger partial charge is 0.248 e. The Balaban J connectivity index is 2.12. The van der Waals surface area contributed by atoms with Gasteiger partial charge in [-0.1, -0.05) is 26.0 Å². The number of carbonyl (C=O) groups excluding carboxylic acids is 2. The van der Waals surface area contributed by atoms with E-state index in [1.807, 2.05) is 26.0 Å². The summed E-state index contributed by atoms with van der Waals surface area (Å²) in [6.45, 7) is 9.84. The molecule has 28 heavy (non-hydrogen) atoms. The van der Waals surface area contributed by atoms with E-state index >= 15 is 0 Å². The molecule has 1 aromatic carbocycles. The van der Waals surface area contributed by atoms with E-state index in [1.54, 1.807) is 11.5 Å². The SMILES string of the molecule is CCCC(=O)N1N=C(c2ccc(C)c(C)c2)Sc2c1nc(C)n2C(=O)CCC. The number of benzene rings is 1. The summed E-state index contributed by atoms with van der Waals surface area (Å²) < 4.78 is 1.63. The van der Waals surface area contributed by atoms with Crippen LogP contribution in [0.1, 0.15) is 66.8 Å². The van der Waals surface area contributed by atoms with Gasteiger partial charge in [0.15, 0.2) is 5.82 Å². The molecule has 1 amide bonds. The molecule has 1 aromatic heterocycles. The maximum Gasteiger partial charge on any atom is 0.248 e. The Morgan fingerprint density at radius 1 is 1.00 bits per heavy atom. The Labute approximate surface area is 170 Å². The zero-order valence-electron chi connectivity index (χ0n) is 17.1. The molecule has 7 heteroatoms. The first-order valence-corrected chi connectivity index (χ1v) is 10.5. The molecule has 0 saturated carbocycles. The molecular formula is C21H26N4O2S. The van der Waals surface area contributed by atoms with Crippen molar-refractivity contribution >= 4 is 34.4 Å². The van der Waals surface area contributed by atoms with E-state index in [0.717, 1.165) is 24.0 Å². The fourth-order valence-corrected chi connectivity index (χ4v) is 4.18. The highest BCUT2D eigenvalue weighted by Gasteiger charge is 2.32. The number of thioether (sulfide) groups is 1. The van der Waals surface area contributed by atoms with E-state index in [0.29, 0.717) is 34.6 Å². The largest absolute Gasteiger partial charge is 0.274 e. The monoisotopic (exact) mass is 398 g/mol. The van der Waals surface area contributed by atoms with Crippen molar-refractivity contribution in [2.75, 3.05) is 5.01 Å². The van der Waals surface area contributed by atoms with Crippen molar-refractivity contribution in [1.29, 1.82) is 0 Å². The molecule has 0 radical (unpaired) electrons. The lowest BCUT2D eigenvalue weighted by Crippen LogP contribution is -2.30. The number of imidazole rings is 1. The molecule has 0 unspecified atom stereocenters. The first-order chi connectivity index (χ1) is 13.4. The second kappa shape index (κ2) is 8.31. The highest BCUT2D eigenvalue weighted by atomic mass is 32.2. The summed E-state index contributed by atoms with van der Waals surface area (Å²) in [5.74, 6) is 0.920. The molecule has 3 rings (SSSR count). The van der Waals surface area contributed by atoms with Gasteiger partial charge in [-0.15, -0.1) is 0 Å². The number of hydrazone groups is 1. The number of amides is 1. The van der Waals surface area contributed by atoms with Crippen LogP contribution in [0.5, 0.6) is 0 Å². The van der Waals surface area contributed by atoms with Crippen LogP contribution in [0.25, 0.3) is 0 Å². The lowest BCUT2D eigenvalue weighted by atomic mass is 10.1. The van der Waals surface area contributed by atoms with Gasteiger partial charge in [0.05, 0.1) is 0 Å². The van der Waals surface area contributed by atoms with Gasteiger partial charge in [-0.3, -0.25) is 14.2 Å². The number of rotatable bonds is 5. The summed E-state index contributed by atoms with van der Waals surface area (Å²) in [6, 6.07) is 6.12. The molecule has 0 aliphatic carbocycles. The highest BCUT2D eigenvalue weighted by molar-refractivity contribution is 8.14. The lowest BCUT2D eigenvalue weighted by molar-refractivity contribution is -0.118. The Bertz CT molecular complexity index is 962. The van der Waals surface area contributed by atoms with Crippen molar-refractivity contribution < 1.29 is 9.59 Å². The third kappa shape index (κ3) is 3.76. The molecule has 0 atom stereocenters. The number of anilines is 1. The van der Waals surface area contributed by atoms with Crippen LogP contribution in [0, 0.1) is 20.8 Å². The number of carbonyl (C=O) groups is 2. The second-order valence-corrected chi connectivity index (χ2v) is 8.01. The van der Waals surface area contributed by atoms with Gasteiger partial charge in [-0.05, 0) is 62.6 Å². The summed E-state index contributed by atoms with van der Waals surface area (Å²) in [4.78, 5) is 30.0. The average molecular weight is 399 g/mol. The Hall–Kier alpha value is -2.41. The average Bonchev–Trinajstić information content (AvgIpc) is 2.99. The standard InChI is InChI=1S/C21H26N4O2S/c1-6-8-17(26)24-15(5)22-19-21(24)28-20(23-25(19)18(27)9-7-2)16-11-10-13(3)14(4)12-16/h10-12H,6-9H2,1-5H3. The molecular weight excluding hydrogens is 372 g/mol. The maximum absolute atomic E-state index is 12.8. The molecule has 6 nitrogen and oxygen atoms in total. The third-order valence-corrected chi connectivity index (χ3v) is 5.81. The van der Waals surface area contributed by atoms with Gasteiger partial charge in [0.1, 0.15) is 15.9 Å². The summed E-state index contributed by atoms with van der Waals surface area (Å²) in [7, 11) is 0. The van der Waals surface area contributed by atoms with Crippen LogP contribution in [0.15, 0.2) is 28.3 Å². The maximum atomic E-state index is 12.8. The minimum Gasteiger partial charge on any atom is -0.274 e. The number of fused-ring (bicyclic) bond motifs is 1. The minimum atomic E-state index is -0.113. The summed E-state index contributed by atoms with van der Waals surface area (Å²) in [5.41, 5.74) is 3.29. The van der Waals surface area contributed by atoms with E-state index in [9.17, 15) is 9.59 Å². The number of hydrogen-bond donors (Lipinski definition) is 0. The van der Waals surface area contributed by atoms with Gasteiger partial charge in [-0.25, -0.2) is 4.98 Å². The number of hydrogen-bond acceptors (Lipinski definition) is 5. The zero-order valence-corrected chi connectivity index (χ0v) is 17.9. The van der Waals surface area contributed by atoms with Crippen molar-refractivity contribution in [2.24, 2.45) is 5.10 Å². The van der Waals surface area contributed by atoms with Crippen LogP contribution in [0.4, 0.5) is 5.82 Å². The molecule has 1 aliphatic rings. The number of nitrogens with zero attached hydrogens (tertiary/aromatic N) is 4. The van der Waals surface area contributed by atoms with Gasteiger partial charge < -0.3 is 0 Å². The Morgan fingerprint density at radius 2 is 1.68 bits per heavy atom. The first kappa shape index (κ1) is 20.3. The van der Waals surface area contributed by atoms with E-state index < -0.39 is 0 Å². The summed E-state index contributed by atoms with van der Waals surface area (Å²) in [5, 5.41) is 7.37. The van der Waals surface area contributed by atoms with Crippen LogP contribution in [-0.2, 0) is 4.79 Å². The topological polar surface area (TPSA) is 67.6 Å². The molecule has 2 aromatic rings. The quantitative estimate of drug-likeness (QED) is 0.722. The molecule has 0 bridgehead atoms. The van der Waals surface area contributed by atoms with Crippen molar-refractivity contribution in [3.05, 3.63) is 40.7 Å². The summed E-state index contributed by atoms with van der Waals surface area (Å²) in [6.07, 6.45) is 2.29. The van der Waals surface area contributed by atoms with E-state index in [-0.39, 0.29) is 11.8 Å². The molecule has 148 valence electrons. The predicted molar refractivity (Wildman–Crippen MR) is 113 cm³/mol. The molecule has 2 heterocycles. The lowest BCUT2D eigenvalue weighted by Gasteiger charge is -2.23. The Morgan fingerprint density at radius 3 is 2.32 bits per heavy atom. The second-order valence-electron chi connectivity index (χ2n) is 7.03. The molecule has 0 fully saturated rings. The number of aromatic nitrogens is 2. The van der Waals surface area contributed by atoms with E-state index in [1.165, 1.54) is 22.3 Å². The van der Waals surface area contributed by atoms with Crippen LogP contribution in [-0.4, -0.2) is 26.4 Å². The van der Waals surface area contributed by atoms with Gasteiger partial charge in [0.2, 0.25) is 11.8 Å². The van der Waals surface area contributed by atoms with Gasteiger partial charge in [0.25, 0.3) is 0 Å².